The lowest BCUT2D eigenvalue weighted by atomic mass is 10.1. The molecule has 0 aliphatic rings. The minimum absolute atomic E-state index is 0.169. The second-order valence-corrected chi connectivity index (χ2v) is 5.30. The highest BCUT2D eigenvalue weighted by Gasteiger charge is 2.09. The number of hydrogen-bond acceptors (Lipinski definition) is 2. The fraction of sp³-hybridized carbons (Fsp3) is 0.267. The van der Waals surface area contributed by atoms with Crippen LogP contribution in [0.3, 0.4) is 0 Å². The third kappa shape index (κ3) is 4.20. The van der Waals surface area contributed by atoms with E-state index in [9.17, 15) is 0 Å². The average Bonchev–Trinajstić information content (AvgIpc) is 2.42. The lowest BCUT2D eigenvalue weighted by molar-refractivity contribution is 0.576. The Kier molecular flexibility index (Phi) is 5.20. The average molecular weight is 295 g/mol. The van der Waals surface area contributed by atoms with E-state index in [1.54, 1.807) is 12.3 Å². The fourth-order valence-electron chi connectivity index (χ4n) is 1.94. The van der Waals surface area contributed by atoms with Gasteiger partial charge in [-0.3, -0.25) is 4.98 Å². The van der Waals surface area contributed by atoms with Gasteiger partial charge in [0.2, 0.25) is 0 Å². The summed E-state index contributed by atoms with van der Waals surface area (Å²) in [6.45, 7) is 2.95. The zero-order chi connectivity index (χ0) is 13.7. The lowest BCUT2D eigenvalue weighted by Gasteiger charge is -2.16. The van der Waals surface area contributed by atoms with Gasteiger partial charge in [0, 0.05) is 28.5 Å². The fourth-order valence-corrected chi connectivity index (χ4v) is 2.40. The molecule has 1 N–H and O–H groups in total. The quantitative estimate of drug-likeness (QED) is 0.890. The standard InChI is InChI=1S/C15H16Cl2N2/c1-11(14-9-13(16)4-5-15(14)17)19-8-6-12-3-2-7-18-10-12/h2-5,7,9-11,19H,6,8H2,1H3. The smallest absolute Gasteiger partial charge is 0.0454 e. The van der Waals surface area contributed by atoms with Crippen LogP contribution in [0.2, 0.25) is 10.0 Å². The Morgan fingerprint density at radius 1 is 1.26 bits per heavy atom. The van der Waals surface area contributed by atoms with Crippen LogP contribution in [-0.2, 0) is 6.42 Å². The Balaban J connectivity index is 1.91. The number of pyridine rings is 1. The highest BCUT2D eigenvalue weighted by molar-refractivity contribution is 6.33. The Hall–Kier alpha value is -1.09. The first-order chi connectivity index (χ1) is 9.16. The first kappa shape index (κ1) is 14.3. The van der Waals surface area contributed by atoms with E-state index < -0.39 is 0 Å². The summed E-state index contributed by atoms with van der Waals surface area (Å²) in [4.78, 5) is 4.10. The zero-order valence-corrected chi connectivity index (χ0v) is 12.2. The monoisotopic (exact) mass is 294 g/mol. The van der Waals surface area contributed by atoms with Gasteiger partial charge in [-0.1, -0.05) is 29.3 Å². The summed E-state index contributed by atoms with van der Waals surface area (Å²) in [5.74, 6) is 0. The van der Waals surface area contributed by atoms with Crippen molar-refractivity contribution in [2.75, 3.05) is 6.54 Å². The Morgan fingerprint density at radius 3 is 2.84 bits per heavy atom. The normalized spacial score (nSPS) is 12.4. The van der Waals surface area contributed by atoms with Crippen molar-refractivity contribution in [2.24, 2.45) is 0 Å². The maximum absolute atomic E-state index is 6.18. The van der Waals surface area contributed by atoms with E-state index in [0.29, 0.717) is 5.02 Å². The summed E-state index contributed by atoms with van der Waals surface area (Å²) in [5.41, 5.74) is 2.25. The van der Waals surface area contributed by atoms with Crippen LogP contribution in [0.5, 0.6) is 0 Å². The number of aromatic nitrogens is 1. The Labute approximate surface area is 123 Å². The number of benzene rings is 1. The van der Waals surface area contributed by atoms with E-state index in [-0.39, 0.29) is 6.04 Å². The van der Waals surface area contributed by atoms with Crippen LogP contribution in [0, 0.1) is 0 Å². The van der Waals surface area contributed by atoms with Crippen LogP contribution in [0.15, 0.2) is 42.7 Å². The number of halogens is 2. The molecule has 2 nitrogen and oxygen atoms in total. The number of nitrogens with one attached hydrogen (secondary N) is 1. The predicted molar refractivity (Wildman–Crippen MR) is 80.8 cm³/mol. The van der Waals surface area contributed by atoms with Crippen molar-refractivity contribution in [3.63, 3.8) is 0 Å². The van der Waals surface area contributed by atoms with Gasteiger partial charge in [-0.25, -0.2) is 0 Å². The minimum Gasteiger partial charge on any atom is -0.310 e. The maximum atomic E-state index is 6.18. The second kappa shape index (κ2) is 6.90. The number of nitrogens with zero attached hydrogens (tertiary/aromatic N) is 1. The minimum atomic E-state index is 0.169. The van der Waals surface area contributed by atoms with Crippen molar-refractivity contribution < 1.29 is 0 Å². The SMILES string of the molecule is CC(NCCc1cccnc1)c1cc(Cl)ccc1Cl. The van der Waals surface area contributed by atoms with Crippen molar-refractivity contribution in [3.05, 3.63) is 63.9 Å². The molecule has 1 heterocycles. The highest BCUT2D eigenvalue weighted by Crippen LogP contribution is 2.26. The van der Waals surface area contributed by atoms with E-state index in [4.69, 9.17) is 23.2 Å². The van der Waals surface area contributed by atoms with E-state index in [0.717, 1.165) is 23.6 Å². The van der Waals surface area contributed by atoms with Gasteiger partial charge in [-0.2, -0.15) is 0 Å². The van der Waals surface area contributed by atoms with E-state index in [1.807, 2.05) is 24.4 Å². The number of hydrogen-bond donors (Lipinski definition) is 1. The summed E-state index contributed by atoms with van der Waals surface area (Å²) < 4.78 is 0. The molecule has 2 aromatic rings. The molecule has 0 bridgehead atoms. The molecule has 2 rings (SSSR count). The largest absolute Gasteiger partial charge is 0.310 e. The first-order valence-electron chi connectivity index (χ1n) is 6.24. The van der Waals surface area contributed by atoms with Gasteiger partial charge >= 0.3 is 0 Å². The van der Waals surface area contributed by atoms with Crippen molar-refractivity contribution in [2.45, 2.75) is 19.4 Å². The van der Waals surface area contributed by atoms with Crippen molar-refractivity contribution in [3.8, 4) is 0 Å². The molecule has 0 spiro atoms. The van der Waals surface area contributed by atoms with E-state index in [2.05, 4.69) is 23.3 Å². The molecule has 0 radical (unpaired) electrons. The molecule has 4 heteroatoms. The van der Waals surface area contributed by atoms with Crippen LogP contribution in [0.25, 0.3) is 0 Å². The summed E-state index contributed by atoms with van der Waals surface area (Å²) in [5, 5.41) is 4.89. The summed E-state index contributed by atoms with van der Waals surface area (Å²) in [6.07, 6.45) is 4.61. The van der Waals surface area contributed by atoms with E-state index in [1.165, 1.54) is 5.56 Å². The van der Waals surface area contributed by atoms with Crippen LogP contribution in [0.4, 0.5) is 0 Å². The van der Waals surface area contributed by atoms with Crippen LogP contribution < -0.4 is 5.32 Å². The third-order valence-electron chi connectivity index (χ3n) is 3.01. The van der Waals surface area contributed by atoms with Gasteiger partial charge in [0.05, 0.1) is 0 Å². The zero-order valence-electron chi connectivity index (χ0n) is 10.7. The number of rotatable bonds is 5. The summed E-state index contributed by atoms with van der Waals surface area (Å²) in [7, 11) is 0. The summed E-state index contributed by atoms with van der Waals surface area (Å²) >= 11 is 12.2. The van der Waals surface area contributed by atoms with Crippen molar-refractivity contribution in [1.29, 1.82) is 0 Å². The van der Waals surface area contributed by atoms with Gasteiger partial charge in [-0.05, 0) is 55.3 Å². The Morgan fingerprint density at radius 2 is 2.11 bits per heavy atom. The molecule has 1 unspecified atom stereocenters. The van der Waals surface area contributed by atoms with Gasteiger partial charge in [0.15, 0.2) is 0 Å². The van der Waals surface area contributed by atoms with Crippen LogP contribution in [-0.4, -0.2) is 11.5 Å². The second-order valence-electron chi connectivity index (χ2n) is 4.45. The highest BCUT2D eigenvalue weighted by atomic mass is 35.5. The third-order valence-corrected chi connectivity index (χ3v) is 3.59. The van der Waals surface area contributed by atoms with Crippen molar-refractivity contribution >= 4 is 23.2 Å². The van der Waals surface area contributed by atoms with Gasteiger partial charge in [0.1, 0.15) is 0 Å². The van der Waals surface area contributed by atoms with Gasteiger partial charge < -0.3 is 5.32 Å². The molecule has 0 aliphatic carbocycles. The molecule has 1 aromatic heterocycles. The van der Waals surface area contributed by atoms with Gasteiger partial charge in [0.25, 0.3) is 0 Å². The van der Waals surface area contributed by atoms with Crippen LogP contribution in [0.1, 0.15) is 24.1 Å². The lowest BCUT2D eigenvalue weighted by Crippen LogP contribution is -2.21. The molecule has 0 saturated carbocycles. The molecule has 0 fully saturated rings. The van der Waals surface area contributed by atoms with E-state index >= 15 is 0 Å². The molecule has 1 atom stereocenters. The molecule has 100 valence electrons. The van der Waals surface area contributed by atoms with Gasteiger partial charge in [-0.15, -0.1) is 0 Å². The van der Waals surface area contributed by atoms with Crippen LogP contribution >= 0.6 is 23.2 Å². The maximum Gasteiger partial charge on any atom is 0.0454 e. The predicted octanol–water partition coefficient (Wildman–Crippen LogP) is 4.28. The molecule has 19 heavy (non-hydrogen) atoms. The topological polar surface area (TPSA) is 24.9 Å². The molecule has 1 aromatic carbocycles. The summed E-state index contributed by atoms with van der Waals surface area (Å²) in [6, 6.07) is 9.74. The molecule has 0 amide bonds. The Bertz CT molecular complexity index is 529. The molecule has 0 saturated heterocycles. The molecular weight excluding hydrogens is 279 g/mol. The van der Waals surface area contributed by atoms with Crippen molar-refractivity contribution in [1.82, 2.24) is 10.3 Å². The first-order valence-corrected chi connectivity index (χ1v) is 6.99. The molecule has 0 aliphatic heterocycles. The molecular formula is C15H16Cl2N2.